The van der Waals surface area contributed by atoms with Crippen molar-refractivity contribution in [2.45, 2.75) is 14.9 Å². The molecule has 6 nitrogen and oxygen atoms in total. The Hall–Kier alpha value is -2.59. The third-order valence-corrected chi connectivity index (χ3v) is 8.70. The fraction of sp³-hybridized carbons (Fsp3) is 0.0476. The number of hydrogen-bond donors (Lipinski definition) is 1. The number of nitrogens with one attached hydrogen (secondary N) is 1. The molecule has 0 saturated carbocycles. The summed E-state index contributed by atoms with van der Waals surface area (Å²) in [4.78, 5) is 11.2. The molecule has 3 aromatic carbocycles. The van der Waals surface area contributed by atoms with Gasteiger partial charge in [0.15, 0.2) is 0 Å². The lowest BCUT2D eigenvalue weighted by Crippen LogP contribution is -2.12. The number of fused-ring (bicyclic) bond motifs is 1. The highest BCUT2D eigenvalue weighted by Gasteiger charge is 2.20. The van der Waals surface area contributed by atoms with Crippen LogP contribution >= 0.6 is 34.7 Å². The van der Waals surface area contributed by atoms with E-state index in [0.29, 0.717) is 21.4 Å². The van der Waals surface area contributed by atoms with Crippen LogP contribution in [0.1, 0.15) is 5.56 Å². The van der Waals surface area contributed by atoms with E-state index in [1.54, 1.807) is 36.4 Å². The topological polar surface area (TPSA) is 89.3 Å². The Morgan fingerprint density at radius 1 is 1.03 bits per heavy atom. The van der Waals surface area contributed by atoms with Gasteiger partial charge in [-0.05, 0) is 41.3 Å². The van der Waals surface area contributed by atoms with E-state index >= 15 is 0 Å². The molecule has 0 saturated heterocycles. The molecule has 0 aliphatic rings. The zero-order valence-corrected chi connectivity index (χ0v) is 19.0. The van der Waals surface area contributed by atoms with E-state index in [4.69, 9.17) is 11.6 Å². The van der Waals surface area contributed by atoms with Crippen molar-refractivity contribution in [1.29, 1.82) is 0 Å². The molecule has 158 valence electrons. The summed E-state index contributed by atoms with van der Waals surface area (Å²) in [6.07, 6.45) is 0. The van der Waals surface area contributed by atoms with Gasteiger partial charge in [0.1, 0.15) is 4.21 Å². The van der Waals surface area contributed by atoms with Crippen molar-refractivity contribution in [3.63, 3.8) is 0 Å². The van der Waals surface area contributed by atoms with Crippen LogP contribution < -0.4 is 4.72 Å². The van der Waals surface area contributed by atoms with Crippen molar-refractivity contribution in [2.24, 2.45) is 0 Å². The maximum Gasteiger partial charge on any atom is 0.271 e. The largest absolute Gasteiger partial charge is 0.278 e. The molecular weight excluding hydrogens is 476 g/mol. The number of non-ortho nitro benzene ring substituents is 1. The van der Waals surface area contributed by atoms with Gasteiger partial charge in [-0.2, -0.15) is 0 Å². The normalized spacial score (nSPS) is 11.5. The minimum Gasteiger partial charge on any atom is -0.278 e. The first kappa shape index (κ1) is 21.6. The van der Waals surface area contributed by atoms with Gasteiger partial charge in [0, 0.05) is 32.5 Å². The molecule has 1 aromatic heterocycles. The molecule has 1 N–H and O–H groups in total. The lowest BCUT2D eigenvalue weighted by Gasteiger charge is -2.12. The third-order valence-electron chi connectivity index (χ3n) is 4.37. The second-order valence-corrected chi connectivity index (χ2v) is 11.0. The number of hydrogen-bond acceptors (Lipinski definition) is 6. The molecule has 0 bridgehead atoms. The molecule has 0 aliphatic heterocycles. The summed E-state index contributed by atoms with van der Waals surface area (Å²) in [5, 5.41) is 12.2. The molecule has 0 aliphatic carbocycles. The molecule has 4 aromatic rings. The fourth-order valence-corrected chi connectivity index (χ4v) is 6.55. The van der Waals surface area contributed by atoms with Gasteiger partial charge in [-0.25, -0.2) is 8.42 Å². The van der Waals surface area contributed by atoms with Gasteiger partial charge in [0.05, 0.1) is 10.6 Å². The standard InChI is InChI=1S/C21H15ClN2O4S3/c22-16-8-9-20(29-13-14-4-3-6-17(10-14)24(25)26)18(12-16)23-31(27,28)21-11-15-5-1-2-7-19(15)30-21/h1-12,23H,13H2. The summed E-state index contributed by atoms with van der Waals surface area (Å²) in [6.45, 7) is 0. The average molecular weight is 491 g/mol. The van der Waals surface area contributed by atoms with E-state index in [9.17, 15) is 18.5 Å². The van der Waals surface area contributed by atoms with Crippen LogP contribution in [-0.2, 0) is 15.8 Å². The predicted molar refractivity (Wildman–Crippen MR) is 127 cm³/mol. The third kappa shape index (κ3) is 5.01. The molecule has 4 rings (SSSR count). The Labute approximate surface area is 192 Å². The van der Waals surface area contributed by atoms with Gasteiger partial charge in [0.25, 0.3) is 15.7 Å². The molecule has 0 radical (unpaired) electrons. The van der Waals surface area contributed by atoms with Crippen LogP contribution in [0.2, 0.25) is 5.02 Å². The lowest BCUT2D eigenvalue weighted by molar-refractivity contribution is -0.384. The molecule has 0 unspecified atom stereocenters. The van der Waals surface area contributed by atoms with Crippen LogP contribution in [0.4, 0.5) is 11.4 Å². The van der Waals surface area contributed by atoms with Gasteiger partial charge in [-0.3, -0.25) is 14.8 Å². The molecule has 0 amide bonds. The van der Waals surface area contributed by atoms with E-state index in [1.807, 2.05) is 24.3 Å². The minimum atomic E-state index is -3.81. The molecule has 0 spiro atoms. The minimum absolute atomic E-state index is 0.0138. The summed E-state index contributed by atoms with van der Waals surface area (Å²) in [6, 6.07) is 20.4. The van der Waals surface area contributed by atoms with E-state index in [1.165, 1.54) is 35.2 Å². The number of halogens is 1. The van der Waals surface area contributed by atoms with Gasteiger partial charge in [-0.1, -0.05) is 41.9 Å². The van der Waals surface area contributed by atoms with Crippen molar-refractivity contribution in [3.05, 3.63) is 93.5 Å². The Balaban J connectivity index is 1.59. The molecule has 1 heterocycles. The van der Waals surface area contributed by atoms with Crippen LogP contribution in [0, 0.1) is 10.1 Å². The highest BCUT2D eigenvalue weighted by Crippen LogP contribution is 2.36. The first-order valence-corrected chi connectivity index (χ1v) is 12.7. The number of nitro benzene ring substituents is 1. The summed E-state index contributed by atoms with van der Waals surface area (Å²) < 4.78 is 29.7. The number of sulfonamides is 1. The average Bonchev–Trinajstić information content (AvgIpc) is 3.18. The number of benzene rings is 3. The van der Waals surface area contributed by atoms with Crippen LogP contribution in [0.15, 0.2) is 81.9 Å². The summed E-state index contributed by atoms with van der Waals surface area (Å²) >= 11 is 8.67. The fourth-order valence-electron chi connectivity index (χ4n) is 2.91. The van der Waals surface area contributed by atoms with Crippen molar-refractivity contribution < 1.29 is 13.3 Å². The summed E-state index contributed by atoms with van der Waals surface area (Å²) in [5.41, 5.74) is 1.13. The van der Waals surface area contributed by atoms with E-state index in [2.05, 4.69) is 4.72 Å². The summed E-state index contributed by atoms with van der Waals surface area (Å²) in [7, 11) is -3.81. The number of nitrogens with zero attached hydrogens (tertiary/aromatic N) is 1. The second kappa shape index (κ2) is 8.88. The van der Waals surface area contributed by atoms with Crippen molar-refractivity contribution in [2.75, 3.05) is 4.72 Å². The Bertz CT molecular complexity index is 1350. The molecule has 0 fully saturated rings. The quantitative estimate of drug-likeness (QED) is 0.180. The number of anilines is 1. The predicted octanol–water partition coefficient (Wildman–Crippen LogP) is 6.56. The number of thioether (sulfide) groups is 1. The van der Waals surface area contributed by atoms with Gasteiger partial charge in [-0.15, -0.1) is 23.1 Å². The highest BCUT2D eigenvalue weighted by molar-refractivity contribution is 7.99. The van der Waals surface area contributed by atoms with E-state index in [0.717, 1.165) is 15.6 Å². The van der Waals surface area contributed by atoms with Crippen LogP contribution in [-0.4, -0.2) is 13.3 Å². The van der Waals surface area contributed by atoms with Gasteiger partial charge >= 0.3 is 0 Å². The van der Waals surface area contributed by atoms with Crippen LogP contribution in [0.25, 0.3) is 10.1 Å². The molecular formula is C21H15ClN2O4S3. The monoisotopic (exact) mass is 490 g/mol. The Morgan fingerprint density at radius 2 is 1.84 bits per heavy atom. The van der Waals surface area contributed by atoms with Crippen LogP contribution in [0.5, 0.6) is 0 Å². The zero-order chi connectivity index (χ0) is 22.0. The highest BCUT2D eigenvalue weighted by atomic mass is 35.5. The van der Waals surface area contributed by atoms with Gasteiger partial charge < -0.3 is 0 Å². The van der Waals surface area contributed by atoms with E-state index < -0.39 is 14.9 Å². The van der Waals surface area contributed by atoms with Crippen molar-refractivity contribution in [3.8, 4) is 0 Å². The number of thiophene rings is 1. The molecule has 10 heteroatoms. The second-order valence-electron chi connectivity index (χ2n) is 6.56. The first-order valence-electron chi connectivity index (χ1n) is 8.99. The first-order chi connectivity index (χ1) is 14.8. The zero-order valence-electron chi connectivity index (χ0n) is 15.8. The maximum atomic E-state index is 13.0. The van der Waals surface area contributed by atoms with Crippen molar-refractivity contribution in [1.82, 2.24) is 0 Å². The molecule has 31 heavy (non-hydrogen) atoms. The maximum absolute atomic E-state index is 13.0. The summed E-state index contributed by atoms with van der Waals surface area (Å²) in [5.74, 6) is 0.431. The lowest BCUT2D eigenvalue weighted by atomic mass is 10.2. The van der Waals surface area contributed by atoms with Crippen molar-refractivity contribution >= 4 is 66.2 Å². The number of nitro groups is 1. The van der Waals surface area contributed by atoms with E-state index in [-0.39, 0.29) is 9.90 Å². The Morgan fingerprint density at radius 3 is 2.61 bits per heavy atom. The molecule has 0 atom stereocenters. The van der Waals surface area contributed by atoms with Gasteiger partial charge in [0.2, 0.25) is 0 Å². The number of rotatable bonds is 7. The smallest absolute Gasteiger partial charge is 0.271 e. The van der Waals surface area contributed by atoms with Crippen LogP contribution in [0.3, 0.4) is 0 Å². The Kier molecular flexibility index (Phi) is 6.19. The SMILES string of the molecule is O=[N+]([O-])c1cccc(CSc2ccc(Cl)cc2NS(=O)(=O)c2cc3ccccc3s2)c1.